The average Bonchev–Trinajstić information content (AvgIpc) is 3.12. The summed E-state index contributed by atoms with van der Waals surface area (Å²) in [6, 6.07) is 19.3. The lowest BCUT2D eigenvalue weighted by atomic mass is 9.98. The topological polar surface area (TPSA) is 38.3 Å². The highest BCUT2D eigenvalue weighted by Gasteiger charge is 2.30. The van der Waals surface area contributed by atoms with E-state index in [0.717, 1.165) is 5.56 Å². The van der Waals surface area contributed by atoms with Gasteiger partial charge in [0.05, 0.1) is 6.04 Å². The van der Waals surface area contributed by atoms with Gasteiger partial charge in [-0.3, -0.25) is 4.79 Å². The maximum Gasteiger partial charge on any atom is 0.261 e. The van der Waals surface area contributed by atoms with Gasteiger partial charge in [0, 0.05) is 6.42 Å². The summed E-state index contributed by atoms with van der Waals surface area (Å²) in [7, 11) is 0. The first-order chi connectivity index (χ1) is 13.6. The van der Waals surface area contributed by atoms with E-state index < -0.39 is 12.1 Å². The van der Waals surface area contributed by atoms with Crippen molar-refractivity contribution in [3.05, 3.63) is 101 Å². The minimum atomic E-state index is -0.638. The van der Waals surface area contributed by atoms with Gasteiger partial charge in [-0.15, -0.1) is 0 Å². The van der Waals surface area contributed by atoms with Crippen molar-refractivity contribution in [2.45, 2.75) is 25.0 Å². The van der Waals surface area contributed by atoms with E-state index in [2.05, 4.69) is 5.32 Å². The monoisotopic (exact) mass is 379 g/mol. The van der Waals surface area contributed by atoms with Crippen molar-refractivity contribution < 1.29 is 18.3 Å². The number of benzene rings is 3. The van der Waals surface area contributed by atoms with Crippen LogP contribution in [0.5, 0.6) is 5.75 Å². The summed E-state index contributed by atoms with van der Waals surface area (Å²) in [5, 5.41) is 2.95. The maximum absolute atomic E-state index is 13.8. The summed E-state index contributed by atoms with van der Waals surface area (Å²) in [6.45, 7) is 0. The molecule has 1 aliphatic rings. The summed E-state index contributed by atoms with van der Waals surface area (Å²) in [5.74, 6) is -0.311. The molecule has 0 unspecified atom stereocenters. The van der Waals surface area contributed by atoms with Crippen LogP contribution in [0.3, 0.4) is 0 Å². The van der Waals surface area contributed by atoms with Crippen molar-refractivity contribution in [1.82, 2.24) is 5.32 Å². The Morgan fingerprint density at radius 2 is 1.75 bits per heavy atom. The van der Waals surface area contributed by atoms with Gasteiger partial charge < -0.3 is 10.1 Å². The fourth-order valence-corrected chi connectivity index (χ4v) is 3.47. The van der Waals surface area contributed by atoms with Crippen molar-refractivity contribution in [1.29, 1.82) is 0 Å². The first-order valence-electron chi connectivity index (χ1n) is 9.13. The Morgan fingerprint density at radius 1 is 1.00 bits per heavy atom. The number of ether oxygens (including phenoxy) is 1. The van der Waals surface area contributed by atoms with Gasteiger partial charge in [0.25, 0.3) is 5.91 Å². The van der Waals surface area contributed by atoms with Gasteiger partial charge in [0.15, 0.2) is 6.10 Å². The Morgan fingerprint density at radius 3 is 2.50 bits per heavy atom. The van der Waals surface area contributed by atoms with Crippen LogP contribution in [0.25, 0.3) is 0 Å². The van der Waals surface area contributed by atoms with Crippen LogP contribution in [0.15, 0.2) is 72.8 Å². The number of hydrogen-bond donors (Lipinski definition) is 1. The Hall–Kier alpha value is -3.21. The number of rotatable bonds is 5. The van der Waals surface area contributed by atoms with Gasteiger partial charge in [0.1, 0.15) is 17.4 Å². The Kier molecular flexibility index (Phi) is 5.06. The molecule has 3 aromatic rings. The van der Waals surface area contributed by atoms with Gasteiger partial charge in [-0.2, -0.15) is 0 Å². The predicted octanol–water partition coefficient (Wildman–Crippen LogP) is 4.37. The molecule has 1 aliphatic heterocycles. The van der Waals surface area contributed by atoms with E-state index in [-0.39, 0.29) is 17.5 Å². The molecule has 1 amide bonds. The molecule has 3 aromatic carbocycles. The number of fused-ring (bicyclic) bond motifs is 1. The normalized spacial score (nSPS) is 16.1. The highest BCUT2D eigenvalue weighted by Crippen LogP contribution is 2.29. The van der Waals surface area contributed by atoms with Crippen LogP contribution < -0.4 is 10.1 Å². The van der Waals surface area contributed by atoms with E-state index in [4.69, 9.17) is 4.74 Å². The van der Waals surface area contributed by atoms with E-state index in [1.165, 1.54) is 24.3 Å². The zero-order valence-corrected chi connectivity index (χ0v) is 15.1. The fraction of sp³-hybridized carbons (Fsp3) is 0.174. The molecular weight excluding hydrogens is 360 g/mol. The van der Waals surface area contributed by atoms with E-state index in [1.54, 1.807) is 24.3 Å². The largest absolute Gasteiger partial charge is 0.480 e. The number of carbonyl (C=O) groups is 1. The summed E-state index contributed by atoms with van der Waals surface area (Å²) in [4.78, 5) is 12.8. The molecule has 5 heteroatoms. The summed E-state index contributed by atoms with van der Waals surface area (Å²) < 4.78 is 33.1. The van der Waals surface area contributed by atoms with E-state index in [1.807, 2.05) is 24.3 Å². The molecular formula is C23H19F2NO2. The van der Waals surface area contributed by atoms with Gasteiger partial charge >= 0.3 is 0 Å². The van der Waals surface area contributed by atoms with Gasteiger partial charge in [0.2, 0.25) is 0 Å². The van der Waals surface area contributed by atoms with Crippen LogP contribution in [0, 0.1) is 11.6 Å². The third-order valence-corrected chi connectivity index (χ3v) is 4.84. The number of carbonyl (C=O) groups excluding carboxylic acids is 1. The van der Waals surface area contributed by atoms with Crippen molar-refractivity contribution in [3.8, 4) is 5.75 Å². The Balaban J connectivity index is 1.54. The Labute approximate surface area is 162 Å². The third-order valence-electron chi connectivity index (χ3n) is 4.84. The molecule has 0 spiro atoms. The standard InChI is InChI=1S/C23H19F2NO2/c24-18-8-3-5-15(11-18)12-20(16-7-4-9-19(25)13-16)26-23(27)22-14-17-6-1-2-10-21(17)28-22/h1-11,13,20,22H,12,14H2,(H,26,27)/t20-,22+/m0/s1. The smallest absolute Gasteiger partial charge is 0.261 e. The lowest BCUT2D eigenvalue weighted by molar-refractivity contribution is -0.128. The van der Waals surface area contributed by atoms with Crippen LogP contribution in [-0.2, 0) is 17.6 Å². The molecule has 0 fully saturated rings. The molecule has 4 rings (SSSR count). The lowest BCUT2D eigenvalue weighted by Gasteiger charge is -2.21. The molecule has 28 heavy (non-hydrogen) atoms. The van der Waals surface area contributed by atoms with Crippen molar-refractivity contribution >= 4 is 5.91 Å². The molecule has 0 aliphatic carbocycles. The lowest BCUT2D eigenvalue weighted by Crippen LogP contribution is -2.40. The second kappa shape index (κ2) is 7.80. The van der Waals surface area contributed by atoms with Crippen molar-refractivity contribution in [3.63, 3.8) is 0 Å². The molecule has 0 bridgehead atoms. The van der Waals surface area contributed by atoms with Gasteiger partial charge in [-0.05, 0) is 53.4 Å². The predicted molar refractivity (Wildman–Crippen MR) is 102 cm³/mol. The van der Waals surface area contributed by atoms with Gasteiger partial charge in [-0.1, -0.05) is 42.5 Å². The minimum Gasteiger partial charge on any atom is -0.480 e. The summed E-state index contributed by atoms with van der Waals surface area (Å²) in [6.07, 6.45) is 0.186. The molecule has 1 heterocycles. The summed E-state index contributed by atoms with van der Waals surface area (Å²) in [5.41, 5.74) is 2.31. The van der Waals surface area contributed by atoms with Crippen LogP contribution in [0.2, 0.25) is 0 Å². The van der Waals surface area contributed by atoms with Crippen molar-refractivity contribution in [2.24, 2.45) is 0 Å². The van der Waals surface area contributed by atoms with Crippen LogP contribution in [0.1, 0.15) is 22.7 Å². The van der Waals surface area contributed by atoms with Crippen LogP contribution in [0.4, 0.5) is 8.78 Å². The molecule has 0 aromatic heterocycles. The number of halogens is 2. The molecule has 3 nitrogen and oxygen atoms in total. The second-order valence-corrected chi connectivity index (χ2v) is 6.87. The SMILES string of the molecule is O=C(N[C@@H](Cc1cccc(F)c1)c1cccc(F)c1)[C@H]1Cc2ccccc2O1. The highest BCUT2D eigenvalue weighted by molar-refractivity contribution is 5.83. The van der Waals surface area contributed by atoms with Crippen LogP contribution in [-0.4, -0.2) is 12.0 Å². The van der Waals surface area contributed by atoms with Gasteiger partial charge in [-0.25, -0.2) is 8.78 Å². The van der Waals surface area contributed by atoms with Crippen LogP contribution >= 0.6 is 0 Å². The third kappa shape index (κ3) is 4.03. The first kappa shape index (κ1) is 18.2. The molecule has 0 saturated carbocycles. The van der Waals surface area contributed by atoms with E-state index >= 15 is 0 Å². The second-order valence-electron chi connectivity index (χ2n) is 6.87. The molecule has 0 saturated heterocycles. The quantitative estimate of drug-likeness (QED) is 0.715. The molecule has 0 radical (unpaired) electrons. The molecule has 2 atom stereocenters. The Bertz CT molecular complexity index is 980. The van der Waals surface area contributed by atoms with E-state index in [0.29, 0.717) is 29.7 Å². The van der Waals surface area contributed by atoms with Crippen molar-refractivity contribution in [2.75, 3.05) is 0 Å². The highest BCUT2D eigenvalue weighted by atomic mass is 19.1. The average molecular weight is 379 g/mol. The number of hydrogen-bond acceptors (Lipinski definition) is 2. The molecule has 142 valence electrons. The number of para-hydroxylation sites is 1. The number of amides is 1. The maximum atomic E-state index is 13.8. The minimum absolute atomic E-state index is 0.276. The summed E-state index contributed by atoms with van der Waals surface area (Å²) >= 11 is 0. The van der Waals surface area contributed by atoms with E-state index in [9.17, 15) is 13.6 Å². The fourth-order valence-electron chi connectivity index (χ4n) is 3.47. The zero-order chi connectivity index (χ0) is 19.5. The zero-order valence-electron chi connectivity index (χ0n) is 15.1. The molecule has 1 N–H and O–H groups in total. The number of nitrogens with one attached hydrogen (secondary N) is 1. The first-order valence-corrected chi connectivity index (χ1v) is 9.13.